The quantitative estimate of drug-likeness (QED) is 0.755. The van der Waals surface area contributed by atoms with Crippen LogP contribution < -0.4 is 5.32 Å². The molecule has 1 amide bonds. The predicted octanol–water partition coefficient (Wildman–Crippen LogP) is 2.75. The average molecular weight is 451 g/mol. The van der Waals surface area contributed by atoms with Crippen molar-refractivity contribution in [2.75, 3.05) is 24.7 Å². The van der Waals surface area contributed by atoms with Crippen molar-refractivity contribution in [1.29, 1.82) is 0 Å². The Bertz CT molecular complexity index is 1130. The Balaban J connectivity index is 1.64. The van der Waals surface area contributed by atoms with Gasteiger partial charge in [-0.05, 0) is 74.2 Å². The Labute approximate surface area is 178 Å². The fraction of sp³-hybridized carbons (Fsp3) is 0.381. The first-order chi connectivity index (χ1) is 14.0. The van der Waals surface area contributed by atoms with E-state index in [1.54, 1.807) is 0 Å². The van der Waals surface area contributed by atoms with Gasteiger partial charge in [-0.15, -0.1) is 0 Å². The highest BCUT2D eigenvalue weighted by atomic mass is 32.2. The van der Waals surface area contributed by atoms with Gasteiger partial charge >= 0.3 is 0 Å². The average Bonchev–Trinajstić information content (AvgIpc) is 2.66. The second-order valence-electron chi connectivity index (χ2n) is 7.79. The molecular weight excluding hydrogens is 424 g/mol. The topological polar surface area (TPSA) is 101 Å². The second kappa shape index (κ2) is 8.49. The van der Waals surface area contributed by atoms with Gasteiger partial charge in [-0.2, -0.15) is 4.31 Å². The molecule has 30 heavy (non-hydrogen) atoms. The summed E-state index contributed by atoms with van der Waals surface area (Å²) in [5.74, 6) is -0.362. The number of carbonyl (C=O) groups excluding carboxylic acids is 1. The molecule has 1 saturated heterocycles. The number of carbonyl (C=O) groups is 1. The maximum absolute atomic E-state index is 12.9. The van der Waals surface area contributed by atoms with E-state index in [1.165, 1.54) is 28.6 Å². The van der Waals surface area contributed by atoms with Crippen LogP contribution in [0.2, 0.25) is 0 Å². The van der Waals surface area contributed by atoms with Gasteiger partial charge in [-0.3, -0.25) is 4.79 Å². The van der Waals surface area contributed by atoms with Crippen LogP contribution in [-0.2, 0) is 24.7 Å². The Hall–Kier alpha value is -2.23. The minimum absolute atomic E-state index is 0.0491. The van der Waals surface area contributed by atoms with Crippen LogP contribution in [0.15, 0.2) is 52.3 Å². The number of piperidine rings is 1. The molecule has 0 radical (unpaired) electrons. The van der Waals surface area contributed by atoms with Crippen LogP contribution in [0.25, 0.3) is 0 Å². The Morgan fingerprint density at radius 2 is 1.40 bits per heavy atom. The Morgan fingerprint density at radius 1 is 0.900 bits per heavy atom. The van der Waals surface area contributed by atoms with E-state index in [4.69, 9.17) is 0 Å². The van der Waals surface area contributed by atoms with E-state index in [1.807, 2.05) is 32.0 Å². The molecule has 1 heterocycles. The lowest BCUT2D eigenvalue weighted by atomic mass is 9.97. The van der Waals surface area contributed by atoms with Gasteiger partial charge in [-0.25, -0.2) is 16.8 Å². The highest BCUT2D eigenvalue weighted by Crippen LogP contribution is 2.26. The third-order valence-corrected chi connectivity index (χ3v) is 8.24. The Morgan fingerprint density at radius 3 is 1.90 bits per heavy atom. The van der Waals surface area contributed by atoms with Crippen LogP contribution in [0.4, 0.5) is 5.69 Å². The molecule has 7 nitrogen and oxygen atoms in total. The van der Waals surface area contributed by atoms with Crippen molar-refractivity contribution in [3.05, 3.63) is 53.6 Å². The van der Waals surface area contributed by atoms with Crippen molar-refractivity contribution in [1.82, 2.24) is 4.31 Å². The zero-order chi connectivity index (χ0) is 22.1. The minimum Gasteiger partial charge on any atom is -0.326 e. The second-order valence-corrected chi connectivity index (χ2v) is 11.7. The Kier molecular flexibility index (Phi) is 6.35. The van der Waals surface area contributed by atoms with Gasteiger partial charge in [0.15, 0.2) is 9.84 Å². The van der Waals surface area contributed by atoms with Gasteiger partial charge in [-0.1, -0.05) is 6.07 Å². The molecule has 0 bridgehead atoms. The number of sulfonamides is 1. The lowest BCUT2D eigenvalue weighted by Crippen LogP contribution is -2.41. The first kappa shape index (κ1) is 22.5. The molecule has 0 atom stereocenters. The van der Waals surface area contributed by atoms with Crippen LogP contribution in [0.1, 0.15) is 24.0 Å². The summed E-state index contributed by atoms with van der Waals surface area (Å²) in [7, 11) is -7.13. The lowest BCUT2D eigenvalue weighted by Gasteiger charge is -2.30. The number of nitrogens with zero attached hydrogens (tertiary/aromatic N) is 1. The number of hydrogen-bond acceptors (Lipinski definition) is 5. The summed E-state index contributed by atoms with van der Waals surface area (Å²) < 4.78 is 50.2. The highest BCUT2D eigenvalue weighted by molar-refractivity contribution is 7.90. The van der Waals surface area contributed by atoms with Gasteiger partial charge < -0.3 is 5.32 Å². The van der Waals surface area contributed by atoms with Gasteiger partial charge in [0.1, 0.15) is 0 Å². The molecule has 0 unspecified atom stereocenters. The van der Waals surface area contributed by atoms with Gasteiger partial charge in [0.2, 0.25) is 15.9 Å². The minimum atomic E-state index is -3.74. The van der Waals surface area contributed by atoms with Crippen LogP contribution in [-0.4, -0.2) is 46.4 Å². The van der Waals surface area contributed by atoms with Crippen LogP contribution in [0, 0.1) is 19.8 Å². The van der Waals surface area contributed by atoms with Gasteiger partial charge in [0, 0.05) is 31.0 Å². The number of rotatable bonds is 5. The van der Waals surface area contributed by atoms with E-state index in [0.29, 0.717) is 12.8 Å². The van der Waals surface area contributed by atoms with Crippen molar-refractivity contribution in [2.24, 2.45) is 5.92 Å². The number of anilines is 1. The third kappa shape index (κ3) is 5.08. The standard InChI is InChI=1S/C21H26N2O5S2/c1-15-12-16(2)14-18(13-15)22-21(24)17-8-10-23(11-9-17)30(27,28)20-6-4-19(5-7-20)29(3,25)26/h4-7,12-14,17H,8-11H2,1-3H3,(H,22,24). The number of aryl methyl sites for hydroxylation is 2. The van der Waals surface area contributed by atoms with Crippen LogP contribution >= 0.6 is 0 Å². The smallest absolute Gasteiger partial charge is 0.243 e. The molecule has 0 spiro atoms. The number of hydrogen-bond donors (Lipinski definition) is 1. The molecule has 162 valence electrons. The summed E-state index contributed by atoms with van der Waals surface area (Å²) in [4.78, 5) is 12.7. The van der Waals surface area contributed by atoms with E-state index in [-0.39, 0.29) is 34.7 Å². The zero-order valence-electron chi connectivity index (χ0n) is 17.3. The molecule has 0 saturated carbocycles. The summed E-state index contributed by atoms with van der Waals surface area (Å²) in [6.45, 7) is 4.41. The van der Waals surface area contributed by atoms with E-state index >= 15 is 0 Å². The third-order valence-electron chi connectivity index (χ3n) is 5.20. The molecule has 0 aliphatic carbocycles. The fourth-order valence-corrected chi connectivity index (χ4v) is 5.76. The number of benzene rings is 2. The summed E-state index contributed by atoms with van der Waals surface area (Å²) in [6, 6.07) is 11.1. The lowest BCUT2D eigenvalue weighted by molar-refractivity contribution is -0.120. The van der Waals surface area contributed by atoms with Crippen molar-refractivity contribution in [3.8, 4) is 0 Å². The summed E-state index contributed by atoms with van der Waals surface area (Å²) >= 11 is 0. The summed E-state index contributed by atoms with van der Waals surface area (Å²) in [5.41, 5.74) is 2.87. The molecule has 1 N–H and O–H groups in total. The number of amides is 1. The molecule has 2 aromatic carbocycles. The normalized spacial score (nSPS) is 16.4. The summed E-state index contributed by atoms with van der Waals surface area (Å²) in [5, 5.41) is 2.94. The summed E-state index contributed by atoms with van der Waals surface area (Å²) in [6.07, 6.45) is 1.93. The molecule has 9 heteroatoms. The van der Waals surface area contributed by atoms with Gasteiger partial charge in [0.25, 0.3) is 0 Å². The predicted molar refractivity (Wildman–Crippen MR) is 116 cm³/mol. The molecule has 0 aromatic heterocycles. The largest absolute Gasteiger partial charge is 0.326 e. The van der Waals surface area contributed by atoms with E-state index in [2.05, 4.69) is 5.32 Å². The van der Waals surface area contributed by atoms with Crippen molar-refractivity contribution in [2.45, 2.75) is 36.5 Å². The number of nitrogens with one attached hydrogen (secondary N) is 1. The first-order valence-electron chi connectivity index (χ1n) is 9.66. The monoisotopic (exact) mass is 450 g/mol. The molecular formula is C21H26N2O5S2. The molecule has 3 rings (SSSR count). The zero-order valence-corrected chi connectivity index (χ0v) is 18.9. The fourth-order valence-electron chi connectivity index (χ4n) is 3.66. The van der Waals surface area contributed by atoms with Crippen LogP contribution in [0.3, 0.4) is 0 Å². The molecule has 2 aromatic rings. The van der Waals surface area contributed by atoms with E-state index < -0.39 is 19.9 Å². The van der Waals surface area contributed by atoms with Crippen molar-refractivity contribution < 1.29 is 21.6 Å². The van der Waals surface area contributed by atoms with E-state index in [9.17, 15) is 21.6 Å². The molecule has 1 aliphatic heterocycles. The maximum atomic E-state index is 12.9. The SMILES string of the molecule is Cc1cc(C)cc(NC(=O)C2CCN(S(=O)(=O)c3ccc(S(C)(=O)=O)cc3)CC2)c1. The highest BCUT2D eigenvalue weighted by Gasteiger charge is 2.32. The van der Waals surface area contributed by atoms with Crippen molar-refractivity contribution in [3.63, 3.8) is 0 Å². The number of sulfone groups is 1. The molecule has 1 fully saturated rings. The first-order valence-corrected chi connectivity index (χ1v) is 13.0. The maximum Gasteiger partial charge on any atom is 0.243 e. The van der Waals surface area contributed by atoms with Crippen LogP contribution in [0.5, 0.6) is 0 Å². The molecule has 1 aliphatic rings. The van der Waals surface area contributed by atoms with Crippen molar-refractivity contribution >= 4 is 31.5 Å². The van der Waals surface area contributed by atoms with E-state index in [0.717, 1.165) is 23.1 Å². The van der Waals surface area contributed by atoms with Gasteiger partial charge in [0.05, 0.1) is 9.79 Å².